The van der Waals surface area contributed by atoms with Crippen molar-refractivity contribution in [1.29, 1.82) is 0 Å². The van der Waals surface area contributed by atoms with E-state index < -0.39 is 23.1 Å². The van der Waals surface area contributed by atoms with Gasteiger partial charge in [0, 0.05) is 4.91 Å². The van der Waals surface area contributed by atoms with Gasteiger partial charge < -0.3 is 0 Å². The maximum Gasteiger partial charge on any atom is 0.405 e. The number of hydrogen-bond acceptors (Lipinski definition) is 2. The SMILES string of the molecule is C=CCC1(C(F)(F)F)C=C(c2ccccc2)SC1=O. The van der Waals surface area contributed by atoms with Crippen molar-refractivity contribution in [3.05, 3.63) is 54.6 Å². The van der Waals surface area contributed by atoms with E-state index in [1.807, 2.05) is 0 Å². The largest absolute Gasteiger partial charge is 0.405 e. The van der Waals surface area contributed by atoms with Gasteiger partial charge in [-0.25, -0.2) is 0 Å². The fourth-order valence-electron chi connectivity index (χ4n) is 1.93. The number of benzene rings is 1. The third-order valence-electron chi connectivity index (χ3n) is 2.97. The summed E-state index contributed by atoms with van der Waals surface area (Å²) in [5, 5.41) is -0.890. The predicted molar refractivity (Wildman–Crippen MR) is 70.3 cm³/mol. The molecule has 0 aromatic heterocycles. The summed E-state index contributed by atoms with van der Waals surface area (Å²) in [4.78, 5) is 12.2. The summed E-state index contributed by atoms with van der Waals surface area (Å²) in [6.45, 7) is 3.32. The third-order valence-corrected chi connectivity index (χ3v) is 4.10. The van der Waals surface area contributed by atoms with E-state index in [2.05, 4.69) is 6.58 Å². The zero-order valence-electron chi connectivity index (χ0n) is 9.91. The van der Waals surface area contributed by atoms with Crippen LogP contribution in [-0.4, -0.2) is 11.3 Å². The van der Waals surface area contributed by atoms with Crippen molar-refractivity contribution in [2.24, 2.45) is 5.41 Å². The average molecular weight is 284 g/mol. The van der Waals surface area contributed by atoms with Crippen LogP contribution in [0.15, 0.2) is 49.1 Å². The van der Waals surface area contributed by atoms with Crippen LogP contribution in [-0.2, 0) is 4.79 Å². The van der Waals surface area contributed by atoms with Crippen molar-refractivity contribution in [2.75, 3.05) is 0 Å². The average Bonchev–Trinajstić information content (AvgIpc) is 2.69. The van der Waals surface area contributed by atoms with E-state index in [9.17, 15) is 18.0 Å². The molecule has 1 nitrogen and oxygen atoms in total. The van der Waals surface area contributed by atoms with Gasteiger partial charge in [0.2, 0.25) is 5.12 Å². The number of halogens is 3. The Kier molecular flexibility index (Phi) is 3.58. The second kappa shape index (κ2) is 4.89. The minimum Gasteiger partial charge on any atom is -0.285 e. The molecular formula is C14H11F3OS. The van der Waals surface area contributed by atoms with Crippen molar-refractivity contribution >= 4 is 21.8 Å². The molecule has 0 radical (unpaired) electrons. The Morgan fingerprint density at radius 3 is 2.42 bits per heavy atom. The molecule has 0 saturated carbocycles. The van der Waals surface area contributed by atoms with Gasteiger partial charge in [-0.3, -0.25) is 4.79 Å². The number of thioether (sulfide) groups is 1. The van der Waals surface area contributed by atoms with Crippen LogP contribution in [0.5, 0.6) is 0 Å². The fraction of sp³-hybridized carbons (Fsp3) is 0.214. The molecule has 1 heterocycles. The first kappa shape index (κ1) is 13.9. The first-order valence-corrected chi connectivity index (χ1v) is 6.40. The first-order chi connectivity index (χ1) is 8.90. The summed E-state index contributed by atoms with van der Waals surface area (Å²) in [7, 11) is 0. The molecule has 0 fully saturated rings. The third kappa shape index (κ3) is 2.34. The number of rotatable bonds is 3. The number of carbonyl (C=O) groups is 1. The molecule has 0 amide bonds. The van der Waals surface area contributed by atoms with Gasteiger partial charge >= 0.3 is 6.18 Å². The van der Waals surface area contributed by atoms with Crippen molar-refractivity contribution in [2.45, 2.75) is 12.6 Å². The molecule has 0 N–H and O–H groups in total. The van der Waals surface area contributed by atoms with Crippen LogP contribution < -0.4 is 0 Å². The molecule has 1 aromatic carbocycles. The smallest absolute Gasteiger partial charge is 0.285 e. The minimum atomic E-state index is -4.61. The van der Waals surface area contributed by atoms with E-state index >= 15 is 0 Å². The predicted octanol–water partition coefficient (Wildman–Crippen LogP) is 4.43. The molecule has 19 heavy (non-hydrogen) atoms. The van der Waals surface area contributed by atoms with Gasteiger partial charge in [0.25, 0.3) is 0 Å². The van der Waals surface area contributed by atoms with Gasteiger partial charge in [-0.2, -0.15) is 13.2 Å². The van der Waals surface area contributed by atoms with Gasteiger partial charge in [0.15, 0.2) is 5.41 Å². The molecule has 0 aliphatic carbocycles. The Morgan fingerprint density at radius 1 is 1.26 bits per heavy atom. The van der Waals surface area contributed by atoms with Gasteiger partial charge in [0.1, 0.15) is 0 Å². The fourth-order valence-corrected chi connectivity index (χ4v) is 3.08. The number of carbonyl (C=O) groups excluding carboxylic acids is 1. The summed E-state index contributed by atoms with van der Waals surface area (Å²) < 4.78 is 39.6. The minimum absolute atomic E-state index is 0.352. The molecule has 1 aliphatic rings. The van der Waals surface area contributed by atoms with E-state index in [4.69, 9.17) is 0 Å². The molecule has 1 unspecified atom stereocenters. The van der Waals surface area contributed by atoms with Gasteiger partial charge in [-0.15, -0.1) is 6.58 Å². The van der Waals surface area contributed by atoms with Crippen LogP contribution in [0.2, 0.25) is 0 Å². The van der Waals surface area contributed by atoms with Gasteiger partial charge in [-0.1, -0.05) is 48.2 Å². The second-order valence-electron chi connectivity index (χ2n) is 4.23. The quantitative estimate of drug-likeness (QED) is 0.764. The zero-order chi connectivity index (χ0) is 14.1. The van der Waals surface area contributed by atoms with E-state index in [-0.39, 0.29) is 0 Å². The zero-order valence-corrected chi connectivity index (χ0v) is 10.7. The van der Waals surface area contributed by atoms with Crippen molar-refractivity contribution in [3.8, 4) is 0 Å². The van der Waals surface area contributed by atoms with Gasteiger partial charge in [0.05, 0.1) is 0 Å². The lowest BCUT2D eigenvalue weighted by molar-refractivity contribution is -0.199. The molecule has 1 aromatic rings. The normalized spacial score (nSPS) is 23.3. The van der Waals surface area contributed by atoms with Gasteiger partial charge in [-0.05, 0) is 18.1 Å². The number of hydrogen-bond donors (Lipinski definition) is 0. The molecule has 0 saturated heterocycles. The summed E-state index contributed by atoms with van der Waals surface area (Å²) >= 11 is 0.647. The standard InChI is InChI=1S/C14H11F3OS/c1-2-8-13(14(15,16)17)9-11(19-12(13)18)10-6-4-3-5-7-10/h2-7,9H,1,8H2. The molecule has 100 valence electrons. The highest BCUT2D eigenvalue weighted by Gasteiger charge is 2.60. The van der Waals surface area contributed by atoms with Crippen molar-refractivity contribution < 1.29 is 18.0 Å². The van der Waals surface area contributed by atoms with Crippen LogP contribution in [0.25, 0.3) is 4.91 Å². The molecule has 1 atom stereocenters. The molecule has 2 rings (SSSR count). The Labute approximate surface area is 113 Å². The Morgan fingerprint density at radius 2 is 1.89 bits per heavy atom. The van der Waals surface area contributed by atoms with Crippen molar-refractivity contribution in [3.63, 3.8) is 0 Å². The Balaban J connectivity index is 2.49. The second-order valence-corrected chi connectivity index (χ2v) is 5.24. The van der Waals surface area contributed by atoms with Crippen LogP contribution in [0.3, 0.4) is 0 Å². The van der Waals surface area contributed by atoms with Crippen LogP contribution in [0.1, 0.15) is 12.0 Å². The Bertz CT molecular complexity index is 533. The highest BCUT2D eigenvalue weighted by atomic mass is 32.2. The maximum atomic E-state index is 13.2. The lowest BCUT2D eigenvalue weighted by atomic mass is 9.84. The van der Waals surface area contributed by atoms with Crippen molar-refractivity contribution in [1.82, 2.24) is 0 Å². The summed E-state index contributed by atoms with van der Waals surface area (Å²) in [6.07, 6.45) is -2.88. The van der Waals surface area contributed by atoms with Crippen LogP contribution in [0, 0.1) is 5.41 Å². The monoisotopic (exact) mass is 284 g/mol. The Hall–Kier alpha value is -1.49. The topological polar surface area (TPSA) is 17.1 Å². The van der Waals surface area contributed by atoms with E-state index in [1.165, 1.54) is 0 Å². The molecular weight excluding hydrogens is 273 g/mol. The summed E-state index contributed by atoms with van der Waals surface area (Å²) in [5.41, 5.74) is -1.82. The van der Waals surface area contributed by atoms with E-state index in [0.29, 0.717) is 22.2 Å². The number of allylic oxidation sites excluding steroid dienone is 2. The van der Waals surface area contributed by atoms with Crippen LogP contribution in [0.4, 0.5) is 13.2 Å². The molecule has 0 bridgehead atoms. The lowest BCUT2D eigenvalue weighted by Crippen LogP contribution is -2.39. The highest BCUT2D eigenvalue weighted by Crippen LogP contribution is 2.55. The highest BCUT2D eigenvalue weighted by molar-refractivity contribution is 8.22. The maximum absolute atomic E-state index is 13.2. The first-order valence-electron chi connectivity index (χ1n) is 5.59. The van der Waals surface area contributed by atoms with E-state index in [0.717, 1.165) is 12.2 Å². The van der Waals surface area contributed by atoms with Crippen LogP contribution >= 0.6 is 11.8 Å². The van der Waals surface area contributed by atoms with E-state index in [1.54, 1.807) is 30.3 Å². The molecule has 1 aliphatic heterocycles. The lowest BCUT2D eigenvalue weighted by Gasteiger charge is -2.26. The molecule has 5 heteroatoms. The molecule has 0 spiro atoms. The number of alkyl halides is 3. The summed E-state index contributed by atoms with van der Waals surface area (Å²) in [5.74, 6) is 0. The summed E-state index contributed by atoms with van der Waals surface area (Å²) in [6, 6.07) is 8.59.